The molecule has 94 valence electrons. The second kappa shape index (κ2) is 6.21. The van der Waals surface area contributed by atoms with Gasteiger partial charge in [-0.2, -0.15) is 5.10 Å². The van der Waals surface area contributed by atoms with E-state index in [1.165, 1.54) is 0 Å². The number of hydrogen-bond donors (Lipinski definition) is 1. The van der Waals surface area contributed by atoms with Crippen molar-refractivity contribution >= 4 is 23.2 Å². The summed E-state index contributed by atoms with van der Waals surface area (Å²) in [7, 11) is 0. The van der Waals surface area contributed by atoms with Gasteiger partial charge in [0.2, 0.25) is 5.91 Å². The molecule has 1 amide bonds. The summed E-state index contributed by atoms with van der Waals surface area (Å²) in [5.74, 6) is 0.255. The van der Waals surface area contributed by atoms with Crippen molar-refractivity contribution in [1.82, 2.24) is 9.78 Å². The van der Waals surface area contributed by atoms with Gasteiger partial charge in [0, 0.05) is 30.4 Å². The summed E-state index contributed by atoms with van der Waals surface area (Å²) >= 11 is 5.54. The van der Waals surface area contributed by atoms with Crippen molar-refractivity contribution in [3.8, 4) is 0 Å². The SMILES string of the molecule is O=C(CCCl)Nc1ccccc1Cn1cccn1. The maximum atomic E-state index is 11.5. The first kappa shape index (κ1) is 12.6. The number of rotatable bonds is 5. The minimum Gasteiger partial charge on any atom is -0.326 e. The summed E-state index contributed by atoms with van der Waals surface area (Å²) in [5.41, 5.74) is 1.83. The smallest absolute Gasteiger partial charge is 0.225 e. The fourth-order valence-corrected chi connectivity index (χ4v) is 1.82. The highest BCUT2D eigenvalue weighted by Crippen LogP contribution is 2.16. The van der Waals surface area contributed by atoms with Crippen molar-refractivity contribution in [3.63, 3.8) is 0 Å². The lowest BCUT2D eigenvalue weighted by Crippen LogP contribution is -2.14. The Kier molecular flexibility index (Phi) is 4.36. The van der Waals surface area contributed by atoms with Crippen LogP contribution in [0.2, 0.25) is 0 Å². The molecule has 0 aliphatic heterocycles. The largest absolute Gasteiger partial charge is 0.326 e. The molecule has 18 heavy (non-hydrogen) atoms. The zero-order chi connectivity index (χ0) is 12.8. The molecule has 0 fully saturated rings. The van der Waals surface area contributed by atoms with Crippen LogP contribution in [0, 0.1) is 0 Å². The third-order valence-electron chi connectivity index (χ3n) is 2.50. The number of aromatic nitrogens is 2. The average molecular weight is 264 g/mol. The van der Waals surface area contributed by atoms with Gasteiger partial charge in [-0.25, -0.2) is 0 Å². The Hall–Kier alpha value is -1.81. The van der Waals surface area contributed by atoms with Crippen molar-refractivity contribution in [1.29, 1.82) is 0 Å². The third-order valence-corrected chi connectivity index (χ3v) is 2.69. The summed E-state index contributed by atoms with van der Waals surface area (Å²) in [5, 5.41) is 7.01. The maximum Gasteiger partial charge on any atom is 0.225 e. The van der Waals surface area contributed by atoms with E-state index in [4.69, 9.17) is 11.6 Å². The molecule has 1 aromatic heterocycles. The molecule has 5 heteroatoms. The summed E-state index contributed by atoms with van der Waals surface area (Å²) in [6, 6.07) is 9.55. The predicted octanol–water partition coefficient (Wildman–Crippen LogP) is 2.50. The zero-order valence-electron chi connectivity index (χ0n) is 9.84. The number of carbonyl (C=O) groups is 1. The first-order chi connectivity index (χ1) is 8.79. The number of carbonyl (C=O) groups excluding carboxylic acids is 1. The van der Waals surface area contributed by atoms with Crippen LogP contribution in [-0.4, -0.2) is 21.6 Å². The Morgan fingerprint density at radius 2 is 2.17 bits per heavy atom. The topological polar surface area (TPSA) is 46.9 Å². The summed E-state index contributed by atoms with van der Waals surface area (Å²) in [6.07, 6.45) is 3.93. The van der Waals surface area contributed by atoms with E-state index in [9.17, 15) is 4.79 Å². The molecule has 0 unspecified atom stereocenters. The lowest BCUT2D eigenvalue weighted by atomic mass is 10.1. The molecule has 0 aliphatic rings. The van der Waals surface area contributed by atoms with E-state index in [1.807, 2.05) is 41.2 Å². The van der Waals surface area contributed by atoms with Crippen molar-refractivity contribution in [2.24, 2.45) is 0 Å². The Morgan fingerprint density at radius 1 is 1.33 bits per heavy atom. The second-order valence-corrected chi connectivity index (χ2v) is 4.23. The first-order valence-corrected chi connectivity index (χ1v) is 6.24. The predicted molar refractivity (Wildman–Crippen MR) is 71.7 cm³/mol. The Bertz CT molecular complexity index is 511. The highest BCUT2D eigenvalue weighted by molar-refractivity contribution is 6.19. The fourth-order valence-electron chi connectivity index (χ4n) is 1.65. The number of benzene rings is 1. The van der Waals surface area contributed by atoms with Gasteiger partial charge in [-0.05, 0) is 17.7 Å². The minimum absolute atomic E-state index is 0.0714. The lowest BCUT2D eigenvalue weighted by Gasteiger charge is -2.10. The molecule has 2 aromatic rings. The van der Waals surface area contributed by atoms with E-state index in [2.05, 4.69) is 10.4 Å². The number of nitrogens with zero attached hydrogens (tertiary/aromatic N) is 2. The van der Waals surface area contributed by atoms with Crippen LogP contribution in [0.5, 0.6) is 0 Å². The monoisotopic (exact) mass is 263 g/mol. The van der Waals surface area contributed by atoms with Crippen LogP contribution >= 0.6 is 11.6 Å². The number of hydrogen-bond acceptors (Lipinski definition) is 2. The van der Waals surface area contributed by atoms with E-state index < -0.39 is 0 Å². The molecule has 1 heterocycles. The molecular formula is C13H14ClN3O. The zero-order valence-corrected chi connectivity index (χ0v) is 10.6. The van der Waals surface area contributed by atoms with Crippen LogP contribution in [0.3, 0.4) is 0 Å². The fraction of sp³-hybridized carbons (Fsp3) is 0.231. The number of amides is 1. The summed E-state index contributed by atoms with van der Waals surface area (Å²) in [4.78, 5) is 11.5. The van der Waals surface area contributed by atoms with Crippen LogP contribution in [0.1, 0.15) is 12.0 Å². The standard InChI is InChI=1S/C13H14ClN3O/c14-7-6-13(18)16-12-5-2-1-4-11(12)10-17-9-3-8-15-17/h1-5,8-9H,6-7,10H2,(H,16,18). The van der Waals surface area contributed by atoms with Gasteiger partial charge in [0.1, 0.15) is 0 Å². The Balaban J connectivity index is 2.12. The van der Waals surface area contributed by atoms with Gasteiger partial charge in [0.05, 0.1) is 6.54 Å². The van der Waals surface area contributed by atoms with Crippen LogP contribution in [0.4, 0.5) is 5.69 Å². The second-order valence-electron chi connectivity index (χ2n) is 3.85. The van der Waals surface area contributed by atoms with Gasteiger partial charge in [-0.15, -0.1) is 11.6 Å². The van der Waals surface area contributed by atoms with Crippen molar-refractivity contribution < 1.29 is 4.79 Å². The molecule has 1 N–H and O–H groups in total. The summed E-state index contributed by atoms with van der Waals surface area (Å²) < 4.78 is 1.81. The molecule has 0 atom stereocenters. The maximum absolute atomic E-state index is 11.5. The number of halogens is 1. The lowest BCUT2D eigenvalue weighted by molar-refractivity contribution is -0.115. The van der Waals surface area contributed by atoms with Crippen LogP contribution in [0.15, 0.2) is 42.7 Å². The molecule has 0 saturated heterocycles. The highest BCUT2D eigenvalue weighted by atomic mass is 35.5. The molecule has 0 aliphatic carbocycles. The normalized spacial score (nSPS) is 10.3. The molecule has 0 radical (unpaired) electrons. The van der Waals surface area contributed by atoms with Crippen LogP contribution in [-0.2, 0) is 11.3 Å². The van der Waals surface area contributed by atoms with Gasteiger partial charge in [0.15, 0.2) is 0 Å². The van der Waals surface area contributed by atoms with E-state index in [1.54, 1.807) is 6.20 Å². The van der Waals surface area contributed by atoms with E-state index in [-0.39, 0.29) is 5.91 Å². The molecule has 2 rings (SSSR count). The number of anilines is 1. The number of nitrogens with one attached hydrogen (secondary N) is 1. The van der Waals surface area contributed by atoms with Crippen molar-refractivity contribution in [3.05, 3.63) is 48.3 Å². The van der Waals surface area contributed by atoms with E-state index in [0.717, 1.165) is 11.3 Å². The number of alkyl halides is 1. The van der Waals surface area contributed by atoms with E-state index in [0.29, 0.717) is 18.8 Å². The molecule has 0 spiro atoms. The minimum atomic E-state index is -0.0714. The van der Waals surface area contributed by atoms with Gasteiger partial charge in [-0.3, -0.25) is 9.48 Å². The number of para-hydroxylation sites is 1. The van der Waals surface area contributed by atoms with Crippen molar-refractivity contribution in [2.45, 2.75) is 13.0 Å². The first-order valence-electron chi connectivity index (χ1n) is 5.71. The quantitative estimate of drug-likeness (QED) is 0.843. The van der Waals surface area contributed by atoms with E-state index >= 15 is 0 Å². The average Bonchev–Trinajstić information content (AvgIpc) is 2.85. The van der Waals surface area contributed by atoms with Gasteiger partial charge in [-0.1, -0.05) is 18.2 Å². The van der Waals surface area contributed by atoms with Crippen molar-refractivity contribution in [2.75, 3.05) is 11.2 Å². The molecule has 0 bridgehead atoms. The third kappa shape index (κ3) is 3.34. The van der Waals surface area contributed by atoms with Crippen LogP contribution in [0.25, 0.3) is 0 Å². The Morgan fingerprint density at radius 3 is 2.89 bits per heavy atom. The van der Waals surface area contributed by atoms with Gasteiger partial charge in [0.25, 0.3) is 0 Å². The molecule has 0 saturated carbocycles. The van der Waals surface area contributed by atoms with Crippen LogP contribution < -0.4 is 5.32 Å². The molecular weight excluding hydrogens is 250 g/mol. The highest BCUT2D eigenvalue weighted by Gasteiger charge is 2.06. The van der Waals surface area contributed by atoms with Gasteiger partial charge < -0.3 is 5.32 Å². The molecule has 4 nitrogen and oxygen atoms in total. The van der Waals surface area contributed by atoms with Gasteiger partial charge >= 0.3 is 0 Å². The summed E-state index contributed by atoms with van der Waals surface area (Å²) in [6.45, 7) is 0.629. The molecule has 1 aromatic carbocycles. The Labute approximate surface area is 111 Å².